The van der Waals surface area contributed by atoms with Gasteiger partial charge in [-0.2, -0.15) is 0 Å². The summed E-state index contributed by atoms with van der Waals surface area (Å²) in [6, 6.07) is 9.11. The van der Waals surface area contributed by atoms with Gasteiger partial charge in [-0.15, -0.1) is 0 Å². The first-order chi connectivity index (χ1) is 4.84. The lowest BCUT2D eigenvalue weighted by Gasteiger charge is -1.96. The van der Waals surface area contributed by atoms with E-state index in [0.717, 1.165) is 0 Å². The van der Waals surface area contributed by atoms with E-state index in [1.165, 1.54) is 0 Å². The Morgan fingerprint density at radius 3 is 2.27 bits per heavy atom. The van der Waals surface area contributed by atoms with E-state index >= 15 is 0 Å². The lowest BCUT2D eigenvalue weighted by molar-refractivity contribution is 0.0963. The van der Waals surface area contributed by atoms with Gasteiger partial charge in [0.2, 0.25) is 0 Å². The van der Waals surface area contributed by atoms with Crippen LogP contribution >= 0.6 is 0 Å². The Hall–Kier alpha value is -1.09. The van der Waals surface area contributed by atoms with Gasteiger partial charge in [0.25, 0.3) is 5.91 Å². The standard InChI is InChI=1S/C8H9NO.H4Si/c1-9-8(10)7-5-3-2-4-6-7;/h2-6H,1H3,(H,9,10);1H4. The number of carbonyl (C=O) groups excluding carboxylic acids is 1. The van der Waals surface area contributed by atoms with Crippen LogP contribution in [0.3, 0.4) is 0 Å². The molecule has 60 valence electrons. The normalized spacial score (nSPS) is 8.09. The molecule has 0 aliphatic rings. The fourth-order valence-corrected chi connectivity index (χ4v) is 0.734. The van der Waals surface area contributed by atoms with Gasteiger partial charge >= 0.3 is 0 Å². The third kappa shape index (κ3) is 2.55. The molecule has 1 aromatic rings. The van der Waals surface area contributed by atoms with Crippen LogP contribution in [-0.4, -0.2) is 23.9 Å². The van der Waals surface area contributed by atoms with Gasteiger partial charge < -0.3 is 5.32 Å². The van der Waals surface area contributed by atoms with Crippen molar-refractivity contribution in [1.29, 1.82) is 0 Å². The molecule has 0 heterocycles. The highest BCUT2D eigenvalue weighted by Crippen LogP contribution is 1.96. The van der Waals surface area contributed by atoms with Gasteiger partial charge in [0.05, 0.1) is 0 Å². The van der Waals surface area contributed by atoms with Crippen LogP contribution in [0.1, 0.15) is 10.4 Å². The maximum Gasteiger partial charge on any atom is 0.251 e. The highest BCUT2D eigenvalue weighted by atomic mass is 28.1. The lowest BCUT2D eigenvalue weighted by atomic mass is 10.2. The quantitative estimate of drug-likeness (QED) is 0.566. The Morgan fingerprint density at radius 2 is 1.82 bits per heavy atom. The summed E-state index contributed by atoms with van der Waals surface area (Å²) in [5.74, 6) is -0.0411. The molecule has 0 aliphatic heterocycles. The minimum absolute atomic E-state index is 0. The summed E-state index contributed by atoms with van der Waals surface area (Å²) in [5, 5.41) is 2.54. The first-order valence-corrected chi connectivity index (χ1v) is 3.11. The molecular formula is C8H13NOSi. The number of carbonyl (C=O) groups is 1. The Bertz CT molecular complexity index is 223. The Balaban J connectivity index is 0.000001000. The van der Waals surface area contributed by atoms with Crippen molar-refractivity contribution >= 4 is 16.9 Å². The van der Waals surface area contributed by atoms with Crippen LogP contribution in [0, 0.1) is 0 Å². The Kier molecular flexibility index (Phi) is 4.22. The van der Waals surface area contributed by atoms with E-state index < -0.39 is 0 Å². The third-order valence-corrected chi connectivity index (χ3v) is 1.26. The summed E-state index contributed by atoms with van der Waals surface area (Å²) in [7, 11) is 1.62. The molecule has 0 atom stereocenters. The second-order valence-electron chi connectivity index (χ2n) is 1.95. The minimum Gasteiger partial charge on any atom is -0.355 e. The van der Waals surface area contributed by atoms with Gasteiger partial charge in [-0.1, -0.05) is 18.2 Å². The molecule has 0 aromatic heterocycles. The fourth-order valence-electron chi connectivity index (χ4n) is 0.734. The average Bonchev–Trinajstić information content (AvgIpc) is 2.05. The zero-order chi connectivity index (χ0) is 7.40. The average molecular weight is 167 g/mol. The molecule has 0 fully saturated rings. The molecule has 11 heavy (non-hydrogen) atoms. The molecule has 0 radical (unpaired) electrons. The van der Waals surface area contributed by atoms with Gasteiger partial charge in [-0.05, 0) is 23.1 Å². The van der Waals surface area contributed by atoms with Crippen molar-refractivity contribution in [3.8, 4) is 0 Å². The lowest BCUT2D eigenvalue weighted by Crippen LogP contribution is -2.17. The molecule has 0 aliphatic carbocycles. The number of benzene rings is 1. The van der Waals surface area contributed by atoms with E-state index in [0.29, 0.717) is 5.56 Å². The van der Waals surface area contributed by atoms with Crippen molar-refractivity contribution in [2.45, 2.75) is 0 Å². The number of nitrogens with one attached hydrogen (secondary N) is 1. The van der Waals surface area contributed by atoms with E-state index in [1.807, 2.05) is 18.2 Å². The van der Waals surface area contributed by atoms with Crippen molar-refractivity contribution in [3.05, 3.63) is 35.9 Å². The highest BCUT2D eigenvalue weighted by Gasteiger charge is 1.97. The van der Waals surface area contributed by atoms with Crippen LogP contribution in [-0.2, 0) is 0 Å². The summed E-state index contributed by atoms with van der Waals surface area (Å²) in [5.41, 5.74) is 0.699. The molecule has 1 N–H and O–H groups in total. The second-order valence-corrected chi connectivity index (χ2v) is 1.95. The number of hydrogen-bond donors (Lipinski definition) is 1. The van der Waals surface area contributed by atoms with E-state index in [9.17, 15) is 4.79 Å². The topological polar surface area (TPSA) is 29.1 Å². The van der Waals surface area contributed by atoms with Gasteiger partial charge in [0.1, 0.15) is 0 Å². The summed E-state index contributed by atoms with van der Waals surface area (Å²) >= 11 is 0. The van der Waals surface area contributed by atoms with Crippen LogP contribution < -0.4 is 5.32 Å². The van der Waals surface area contributed by atoms with Crippen LogP contribution in [0.2, 0.25) is 0 Å². The first kappa shape index (κ1) is 9.91. The fraction of sp³-hybridized carbons (Fsp3) is 0.125. The van der Waals surface area contributed by atoms with Crippen LogP contribution in [0.15, 0.2) is 30.3 Å². The maximum absolute atomic E-state index is 10.9. The zero-order valence-electron chi connectivity index (χ0n) is 5.79. The number of rotatable bonds is 1. The van der Waals surface area contributed by atoms with Crippen molar-refractivity contribution in [1.82, 2.24) is 5.32 Å². The van der Waals surface area contributed by atoms with E-state index in [-0.39, 0.29) is 16.9 Å². The van der Waals surface area contributed by atoms with Gasteiger partial charge in [0, 0.05) is 12.6 Å². The van der Waals surface area contributed by atoms with Crippen molar-refractivity contribution in [2.75, 3.05) is 7.05 Å². The molecule has 1 amide bonds. The molecule has 0 unspecified atom stereocenters. The molecule has 1 aromatic carbocycles. The second kappa shape index (κ2) is 4.68. The predicted octanol–water partition coefficient (Wildman–Crippen LogP) is -0.405. The highest BCUT2D eigenvalue weighted by molar-refractivity contribution is 5.93. The Labute approximate surface area is 70.6 Å². The SMILES string of the molecule is CNC(=O)c1ccccc1.[SiH4]. The molecular weight excluding hydrogens is 154 g/mol. The van der Waals surface area contributed by atoms with E-state index in [1.54, 1.807) is 19.2 Å². The first-order valence-electron chi connectivity index (χ1n) is 3.11. The molecule has 0 saturated carbocycles. The smallest absolute Gasteiger partial charge is 0.251 e. The predicted molar refractivity (Wildman–Crippen MR) is 51.2 cm³/mol. The zero-order valence-corrected chi connectivity index (χ0v) is 5.79. The van der Waals surface area contributed by atoms with Gasteiger partial charge in [-0.3, -0.25) is 4.79 Å². The molecule has 0 spiro atoms. The van der Waals surface area contributed by atoms with Crippen molar-refractivity contribution in [3.63, 3.8) is 0 Å². The monoisotopic (exact) mass is 167 g/mol. The maximum atomic E-state index is 10.9. The molecule has 0 bridgehead atoms. The van der Waals surface area contributed by atoms with Crippen LogP contribution in [0.4, 0.5) is 0 Å². The van der Waals surface area contributed by atoms with E-state index in [2.05, 4.69) is 5.32 Å². The third-order valence-electron chi connectivity index (χ3n) is 1.26. The largest absolute Gasteiger partial charge is 0.355 e. The van der Waals surface area contributed by atoms with Gasteiger partial charge in [0.15, 0.2) is 0 Å². The number of hydrogen-bond acceptors (Lipinski definition) is 1. The summed E-state index contributed by atoms with van der Waals surface area (Å²) in [6.07, 6.45) is 0. The van der Waals surface area contributed by atoms with Crippen molar-refractivity contribution in [2.24, 2.45) is 0 Å². The summed E-state index contributed by atoms with van der Waals surface area (Å²) in [6.45, 7) is 0. The molecule has 3 heteroatoms. The molecule has 1 rings (SSSR count). The molecule has 2 nitrogen and oxygen atoms in total. The minimum atomic E-state index is -0.0411. The molecule has 0 saturated heterocycles. The van der Waals surface area contributed by atoms with Crippen LogP contribution in [0.25, 0.3) is 0 Å². The summed E-state index contributed by atoms with van der Waals surface area (Å²) in [4.78, 5) is 10.9. The van der Waals surface area contributed by atoms with E-state index in [4.69, 9.17) is 0 Å². The van der Waals surface area contributed by atoms with Crippen molar-refractivity contribution < 1.29 is 4.79 Å². The summed E-state index contributed by atoms with van der Waals surface area (Å²) < 4.78 is 0. The van der Waals surface area contributed by atoms with Crippen LogP contribution in [0.5, 0.6) is 0 Å². The Morgan fingerprint density at radius 1 is 1.27 bits per heavy atom. The van der Waals surface area contributed by atoms with Gasteiger partial charge in [-0.25, -0.2) is 0 Å². The number of amides is 1.